The van der Waals surface area contributed by atoms with Gasteiger partial charge in [-0.15, -0.1) is 11.6 Å². The smallest absolute Gasteiger partial charge is 0.0462 e. The van der Waals surface area contributed by atoms with E-state index in [1.165, 1.54) is 6.42 Å². The van der Waals surface area contributed by atoms with Crippen molar-refractivity contribution < 1.29 is 4.74 Å². The van der Waals surface area contributed by atoms with Gasteiger partial charge >= 0.3 is 0 Å². The molecule has 2 nitrogen and oxygen atoms in total. The fraction of sp³-hybridized carbons (Fsp3) is 1.00. The number of rotatable bonds is 8. The molecular weight excluding hydrogens is 186 g/mol. The zero-order valence-electron chi connectivity index (χ0n) is 9.05. The number of nitrogens with zero attached hydrogens (tertiary/aromatic N) is 1. The number of methoxy groups -OCH3 is 1. The van der Waals surface area contributed by atoms with E-state index >= 15 is 0 Å². The van der Waals surface area contributed by atoms with Gasteiger partial charge < -0.3 is 9.64 Å². The fourth-order valence-electron chi connectivity index (χ4n) is 1.14. The first kappa shape index (κ1) is 13.2. The van der Waals surface area contributed by atoms with Gasteiger partial charge in [-0.25, -0.2) is 0 Å². The molecule has 0 aliphatic heterocycles. The SMILES string of the molecule is COCCCCN(C)CCC(C)Cl. The molecule has 0 aromatic carbocycles. The van der Waals surface area contributed by atoms with Gasteiger partial charge in [0.2, 0.25) is 0 Å². The Labute approximate surface area is 87.2 Å². The first-order valence-corrected chi connectivity index (χ1v) is 5.42. The monoisotopic (exact) mass is 207 g/mol. The van der Waals surface area contributed by atoms with E-state index in [1.807, 2.05) is 6.92 Å². The summed E-state index contributed by atoms with van der Waals surface area (Å²) in [5.41, 5.74) is 0. The second kappa shape index (κ2) is 8.79. The molecule has 80 valence electrons. The molecule has 0 saturated carbocycles. The second-order valence-corrected chi connectivity index (χ2v) is 4.32. The van der Waals surface area contributed by atoms with Crippen molar-refractivity contribution in [1.29, 1.82) is 0 Å². The third kappa shape index (κ3) is 10.1. The quantitative estimate of drug-likeness (QED) is 0.448. The molecule has 0 radical (unpaired) electrons. The van der Waals surface area contributed by atoms with E-state index in [4.69, 9.17) is 16.3 Å². The molecule has 0 aromatic heterocycles. The second-order valence-electron chi connectivity index (χ2n) is 3.57. The van der Waals surface area contributed by atoms with Crippen LogP contribution in [0.25, 0.3) is 0 Å². The molecular formula is C10H22ClNO. The average Bonchev–Trinajstić information content (AvgIpc) is 2.09. The van der Waals surface area contributed by atoms with Gasteiger partial charge in [-0.2, -0.15) is 0 Å². The summed E-state index contributed by atoms with van der Waals surface area (Å²) in [5, 5.41) is 0.293. The fourth-order valence-corrected chi connectivity index (χ4v) is 1.24. The lowest BCUT2D eigenvalue weighted by Gasteiger charge is -2.16. The summed E-state index contributed by atoms with van der Waals surface area (Å²) in [6.45, 7) is 5.16. The normalized spacial score (nSPS) is 13.6. The minimum Gasteiger partial charge on any atom is -0.385 e. The van der Waals surface area contributed by atoms with Gasteiger partial charge in [0.1, 0.15) is 0 Å². The van der Waals surface area contributed by atoms with Crippen molar-refractivity contribution >= 4 is 11.6 Å². The van der Waals surface area contributed by atoms with Crippen LogP contribution in [0.4, 0.5) is 0 Å². The number of ether oxygens (including phenoxy) is 1. The molecule has 0 amide bonds. The van der Waals surface area contributed by atoms with Crippen molar-refractivity contribution in [2.24, 2.45) is 0 Å². The summed E-state index contributed by atoms with van der Waals surface area (Å²) in [6, 6.07) is 0. The maximum Gasteiger partial charge on any atom is 0.0462 e. The summed E-state index contributed by atoms with van der Waals surface area (Å²) in [6.07, 6.45) is 3.43. The van der Waals surface area contributed by atoms with E-state index in [1.54, 1.807) is 7.11 Å². The molecule has 0 heterocycles. The number of alkyl halides is 1. The number of hydrogen-bond acceptors (Lipinski definition) is 2. The molecule has 3 heteroatoms. The number of unbranched alkanes of at least 4 members (excludes halogenated alkanes) is 1. The molecule has 0 aromatic rings. The van der Waals surface area contributed by atoms with Crippen molar-refractivity contribution in [2.75, 3.05) is 33.9 Å². The molecule has 13 heavy (non-hydrogen) atoms. The summed E-state index contributed by atoms with van der Waals surface area (Å²) in [5.74, 6) is 0. The van der Waals surface area contributed by atoms with Crippen molar-refractivity contribution in [2.45, 2.75) is 31.6 Å². The summed E-state index contributed by atoms with van der Waals surface area (Å²) in [4.78, 5) is 2.33. The van der Waals surface area contributed by atoms with E-state index in [0.717, 1.165) is 32.5 Å². The van der Waals surface area contributed by atoms with Gasteiger partial charge in [-0.05, 0) is 46.3 Å². The van der Waals surface area contributed by atoms with Crippen molar-refractivity contribution in [1.82, 2.24) is 4.90 Å². The molecule has 0 aliphatic carbocycles. The van der Waals surface area contributed by atoms with Crippen LogP contribution in [-0.4, -0.2) is 44.1 Å². The van der Waals surface area contributed by atoms with Crippen LogP contribution in [0.5, 0.6) is 0 Å². The zero-order valence-corrected chi connectivity index (χ0v) is 9.81. The van der Waals surface area contributed by atoms with Crippen LogP contribution in [0.15, 0.2) is 0 Å². The Balaban J connectivity index is 3.15. The van der Waals surface area contributed by atoms with Crippen LogP contribution in [-0.2, 0) is 4.74 Å². The highest BCUT2D eigenvalue weighted by Crippen LogP contribution is 2.02. The zero-order chi connectivity index (χ0) is 10.1. The highest BCUT2D eigenvalue weighted by Gasteiger charge is 2.00. The molecule has 1 unspecified atom stereocenters. The van der Waals surface area contributed by atoms with E-state index in [0.29, 0.717) is 5.38 Å². The van der Waals surface area contributed by atoms with Crippen molar-refractivity contribution in [3.8, 4) is 0 Å². The molecule has 0 spiro atoms. The Bertz CT molecular complexity index is 109. The number of hydrogen-bond donors (Lipinski definition) is 0. The lowest BCUT2D eigenvalue weighted by Crippen LogP contribution is -2.22. The maximum atomic E-state index is 5.86. The van der Waals surface area contributed by atoms with Crippen molar-refractivity contribution in [3.05, 3.63) is 0 Å². The van der Waals surface area contributed by atoms with E-state index in [-0.39, 0.29) is 0 Å². The van der Waals surface area contributed by atoms with Gasteiger partial charge in [0.05, 0.1) is 0 Å². The predicted molar refractivity (Wildman–Crippen MR) is 58.5 cm³/mol. The molecule has 0 saturated heterocycles. The van der Waals surface area contributed by atoms with Gasteiger partial charge in [-0.1, -0.05) is 0 Å². The Morgan fingerprint density at radius 3 is 2.54 bits per heavy atom. The molecule has 0 fully saturated rings. The third-order valence-electron chi connectivity index (χ3n) is 2.05. The summed E-state index contributed by atoms with van der Waals surface area (Å²) < 4.78 is 4.98. The highest BCUT2D eigenvalue weighted by atomic mass is 35.5. The van der Waals surface area contributed by atoms with Gasteiger partial charge in [-0.3, -0.25) is 0 Å². The van der Waals surface area contributed by atoms with Gasteiger partial charge in [0.25, 0.3) is 0 Å². The van der Waals surface area contributed by atoms with Crippen LogP contribution in [0.2, 0.25) is 0 Å². The lowest BCUT2D eigenvalue weighted by molar-refractivity contribution is 0.187. The minimum atomic E-state index is 0.293. The van der Waals surface area contributed by atoms with Crippen LogP contribution >= 0.6 is 11.6 Å². The summed E-state index contributed by atoms with van der Waals surface area (Å²) >= 11 is 5.86. The Morgan fingerprint density at radius 1 is 1.31 bits per heavy atom. The van der Waals surface area contributed by atoms with E-state index in [9.17, 15) is 0 Å². The van der Waals surface area contributed by atoms with Crippen molar-refractivity contribution in [3.63, 3.8) is 0 Å². The minimum absolute atomic E-state index is 0.293. The van der Waals surface area contributed by atoms with Crippen LogP contribution in [0, 0.1) is 0 Å². The van der Waals surface area contributed by atoms with Gasteiger partial charge in [0.15, 0.2) is 0 Å². The van der Waals surface area contributed by atoms with Crippen LogP contribution < -0.4 is 0 Å². The predicted octanol–water partition coefficient (Wildman–Crippen LogP) is 2.36. The Kier molecular flexibility index (Phi) is 8.93. The maximum absolute atomic E-state index is 5.86. The highest BCUT2D eigenvalue weighted by molar-refractivity contribution is 6.20. The Morgan fingerprint density at radius 2 is 2.00 bits per heavy atom. The van der Waals surface area contributed by atoms with Crippen LogP contribution in [0.3, 0.4) is 0 Å². The molecule has 0 aliphatic rings. The van der Waals surface area contributed by atoms with E-state index in [2.05, 4.69) is 11.9 Å². The summed E-state index contributed by atoms with van der Waals surface area (Å²) in [7, 11) is 3.89. The molecule has 1 atom stereocenters. The van der Waals surface area contributed by atoms with Gasteiger partial charge in [0, 0.05) is 19.1 Å². The lowest BCUT2D eigenvalue weighted by atomic mass is 10.3. The largest absolute Gasteiger partial charge is 0.385 e. The standard InChI is InChI=1S/C10H22ClNO/c1-10(11)6-8-12(2)7-4-5-9-13-3/h10H,4-9H2,1-3H3. The molecule has 0 N–H and O–H groups in total. The topological polar surface area (TPSA) is 12.5 Å². The average molecular weight is 208 g/mol. The first-order valence-electron chi connectivity index (χ1n) is 4.98. The number of halogens is 1. The third-order valence-corrected chi connectivity index (χ3v) is 2.27. The molecule has 0 rings (SSSR count). The van der Waals surface area contributed by atoms with Crippen LogP contribution in [0.1, 0.15) is 26.2 Å². The molecule has 0 bridgehead atoms. The Hall–Kier alpha value is 0.210. The van der Waals surface area contributed by atoms with E-state index < -0.39 is 0 Å². The first-order chi connectivity index (χ1) is 6.16.